The van der Waals surface area contributed by atoms with Gasteiger partial charge in [0.2, 0.25) is 0 Å². The highest BCUT2D eigenvalue weighted by atomic mass is 35.5. The van der Waals surface area contributed by atoms with Crippen LogP contribution in [-0.4, -0.2) is 26.5 Å². The van der Waals surface area contributed by atoms with Crippen LogP contribution in [0.2, 0.25) is 5.02 Å². The molecule has 29 heavy (non-hydrogen) atoms. The van der Waals surface area contributed by atoms with Gasteiger partial charge in [0, 0.05) is 5.02 Å². The zero-order chi connectivity index (χ0) is 21.0. The number of pyridine rings is 1. The van der Waals surface area contributed by atoms with E-state index < -0.39 is 21.8 Å². The Balaban J connectivity index is 2.10. The first kappa shape index (κ1) is 20.8. The minimum Gasteiger partial charge on any atom is -0.464 e. The quantitative estimate of drug-likeness (QED) is 0.547. The van der Waals surface area contributed by atoms with E-state index in [1.165, 1.54) is 37.4 Å². The van der Waals surface area contributed by atoms with E-state index in [0.29, 0.717) is 10.6 Å². The van der Waals surface area contributed by atoms with E-state index in [1.54, 1.807) is 24.3 Å². The fourth-order valence-electron chi connectivity index (χ4n) is 2.56. The predicted octanol–water partition coefficient (Wildman–Crippen LogP) is 4.06. The lowest BCUT2D eigenvalue weighted by Gasteiger charge is -2.24. The van der Waals surface area contributed by atoms with E-state index in [4.69, 9.17) is 11.6 Å². The van der Waals surface area contributed by atoms with E-state index >= 15 is 0 Å². The molecule has 0 N–H and O–H groups in total. The third-order valence-corrected chi connectivity index (χ3v) is 6.04. The number of esters is 1. The number of methoxy groups -OCH3 is 1. The molecular formula is C20H16ClFN2O4S. The lowest BCUT2D eigenvalue weighted by atomic mass is 10.2. The molecule has 6 nitrogen and oxygen atoms in total. The molecule has 150 valence electrons. The second-order valence-electron chi connectivity index (χ2n) is 5.96. The van der Waals surface area contributed by atoms with Crippen molar-refractivity contribution in [1.29, 1.82) is 0 Å². The number of hydrogen-bond acceptors (Lipinski definition) is 5. The SMILES string of the molecule is COC(=O)c1cccc(N(Cc2ccc(Cl)cc2)S(=O)(=O)c2ccc(F)cc2)n1. The van der Waals surface area contributed by atoms with Crippen molar-refractivity contribution in [2.45, 2.75) is 11.4 Å². The Bertz CT molecular complexity index is 1120. The van der Waals surface area contributed by atoms with Crippen molar-refractivity contribution in [1.82, 2.24) is 4.98 Å². The van der Waals surface area contributed by atoms with Gasteiger partial charge in [-0.3, -0.25) is 0 Å². The third-order valence-electron chi connectivity index (χ3n) is 4.03. The minimum atomic E-state index is -4.11. The molecule has 0 amide bonds. The van der Waals surface area contributed by atoms with Crippen LogP contribution in [0.5, 0.6) is 0 Å². The third kappa shape index (κ3) is 4.72. The molecule has 3 rings (SSSR count). The topological polar surface area (TPSA) is 76.6 Å². The standard InChI is InChI=1S/C20H16ClFN2O4S/c1-28-20(25)18-3-2-4-19(23-18)24(13-14-5-7-15(21)8-6-14)29(26,27)17-11-9-16(22)10-12-17/h2-12H,13H2,1H3. The Morgan fingerprint density at radius 2 is 1.72 bits per heavy atom. The number of benzene rings is 2. The molecule has 0 spiro atoms. The van der Waals surface area contributed by atoms with Crippen LogP contribution >= 0.6 is 11.6 Å². The van der Waals surface area contributed by atoms with Gasteiger partial charge in [0.15, 0.2) is 5.69 Å². The van der Waals surface area contributed by atoms with Crippen LogP contribution in [-0.2, 0) is 21.3 Å². The number of aromatic nitrogens is 1. The highest BCUT2D eigenvalue weighted by Crippen LogP contribution is 2.25. The maximum Gasteiger partial charge on any atom is 0.356 e. The van der Waals surface area contributed by atoms with Crippen LogP contribution in [0, 0.1) is 5.82 Å². The van der Waals surface area contributed by atoms with Gasteiger partial charge in [0.1, 0.15) is 11.6 Å². The van der Waals surface area contributed by atoms with Crippen LogP contribution in [0.1, 0.15) is 16.1 Å². The Hall–Kier alpha value is -2.97. The van der Waals surface area contributed by atoms with Crippen molar-refractivity contribution in [2.75, 3.05) is 11.4 Å². The number of hydrogen-bond donors (Lipinski definition) is 0. The number of halogens is 2. The maximum absolute atomic E-state index is 13.3. The molecule has 0 saturated carbocycles. The van der Waals surface area contributed by atoms with E-state index in [-0.39, 0.29) is 23.0 Å². The van der Waals surface area contributed by atoms with Crippen molar-refractivity contribution in [3.8, 4) is 0 Å². The van der Waals surface area contributed by atoms with E-state index in [0.717, 1.165) is 16.4 Å². The summed E-state index contributed by atoms with van der Waals surface area (Å²) >= 11 is 5.91. The number of carbonyl (C=O) groups is 1. The molecule has 0 aliphatic heterocycles. The largest absolute Gasteiger partial charge is 0.464 e. The zero-order valence-electron chi connectivity index (χ0n) is 15.2. The van der Waals surface area contributed by atoms with Crippen molar-refractivity contribution in [3.63, 3.8) is 0 Å². The van der Waals surface area contributed by atoms with Crippen LogP contribution < -0.4 is 4.31 Å². The van der Waals surface area contributed by atoms with E-state index in [2.05, 4.69) is 9.72 Å². The molecule has 0 fully saturated rings. The Kier molecular flexibility index (Phi) is 6.14. The monoisotopic (exact) mass is 434 g/mol. The normalized spacial score (nSPS) is 11.1. The molecule has 3 aromatic rings. The van der Waals surface area contributed by atoms with Crippen LogP contribution in [0.4, 0.5) is 10.2 Å². The lowest BCUT2D eigenvalue weighted by molar-refractivity contribution is 0.0594. The lowest BCUT2D eigenvalue weighted by Crippen LogP contribution is -2.31. The summed E-state index contributed by atoms with van der Waals surface area (Å²) in [6.45, 7) is -0.0749. The van der Waals surface area contributed by atoms with E-state index in [1.807, 2.05) is 0 Å². The van der Waals surface area contributed by atoms with Gasteiger partial charge in [0.25, 0.3) is 10.0 Å². The number of carbonyl (C=O) groups excluding carboxylic acids is 1. The summed E-state index contributed by atoms with van der Waals surface area (Å²) < 4.78 is 45.6. The molecular weight excluding hydrogens is 419 g/mol. The van der Waals surface area contributed by atoms with Crippen molar-refractivity contribution < 1.29 is 22.3 Å². The second-order valence-corrected chi connectivity index (χ2v) is 8.26. The van der Waals surface area contributed by atoms with E-state index in [9.17, 15) is 17.6 Å². The van der Waals surface area contributed by atoms with Gasteiger partial charge in [-0.1, -0.05) is 29.8 Å². The molecule has 0 bridgehead atoms. The van der Waals surface area contributed by atoms with Crippen molar-refractivity contribution >= 4 is 33.4 Å². The average Bonchev–Trinajstić information content (AvgIpc) is 2.73. The van der Waals surface area contributed by atoms with Crippen LogP contribution in [0.15, 0.2) is 71.6 Å². The summed E-state index contributed by atoms with van der Waals surface area (Å²) in [5.41, 5.74) is 0.603. The number of nitrogens with zero attached hydrogens (tertiary/aromatic N) is 2. The number of ether oxygens (including phenoxy) is 1. The molecule has 0 aliphatic carbocycles. The van der Waals surface area contributed by atoms with Gasteiger partial charge < -0.3 is 4.74 Å². The van der Waals surface area contributed by atoms with Crippen molar-refractivity contribution in [2.24, 2.45) is 0 Å². The van der Waals surface area contributed by atoms with Gasteiger partial charge in [-0.25, -0.2) is 26.9 Å². The highest BCUT2D eigenvalue weighted by Gasteiger charge is 2.27. The number of anilines is 1. The summed E-state index contributed by atoms with van der Waals surface area (Å²) in [4.78, 5) is 15.9. The molecule has 1 heterocycles. The molecule has 0 unspecified atom stereocenters. The maximum atomic E-state index is 13.3. The minimum absolute atomic E-state index is 0.0205. The Morgan fingerprint density at radius 1 is 1.07 bits per heavy atom. The number of sulfonamides is 1. The molecule has 0 radical (unpaired) electrons. The molecule has 1 aromatic heterocycles. The first-order valence-electron chi connectivity index (χ1n) is 8.39. The van der Waals surface area contributed by atoms with Crippen LogP contribution in [0.25, 0.3) is 0 Å². The van der Waals surface area contributed by atoms with Gasteiger partial charge in [-0.2, -0.15) is 0 Å². The van der Waals surface area contributed by atoms with Gasteiger partial charge in [0.05, 0.1) is 18.6 Å². The summed E-state index contributed by atoms with van der Waals surface area (Å²) in [5, 5.41) is 0.507. The second kappa shape index (κ2) is 8.59. The number of rotatable bonds is 6. The fraction of sp³-hybridized carbons (Fsp3) is 0.100. The van der Waals surface area contributed by atoms with Crippen LogP contribution in [0.3, 0.4) is 0 Å². The zero-order valence-corrected chi connectivity index (χ0v) is 16.8. The molecule has 0 aliphatic rings. The van der Waals surface area contributed by atoms with Gasteiger partial charge in [-0.15, -0.1) is 0 Å². The first-order chi connectivity index (χ1) is 13.8. The molecule has 0 atom stereocenters. The molecule has 9 heteroatoms. The smallest absolute Gasteiger partial charge is 0.356 e. The highest BCUT2D eigenvalue weighted by molar-refractivity contribution is 7.92. The van der Waals surface area contributed by atoms with Crippen molar-refractivity contribution in [3.05, 3.63) is 88.8 Å². The summed E-state index contributed by atoms with van der Waals surface area (Å²) in [6, 6.07) is 15.5. The summed E-state index contributed by atoms with van der Waals surface area (Å²) in [7, 11) is -2.90. The Morgan fingerprint density at radius 3 is 2.34 bits per heavy atom. The summed E-state index contributed by atoms with van der Waals surface area (Å²) in [5.74, 6) is -1.23. The molecule has 0 saturated heterocycles. The molecule has 2 aromatic carbocycles. The van der Waals surface area contributed by atoms with Gasteiger partial charge in [-0.05, 0) is 54.1 Å². The Labute approximate surface area is 172 Å². The average molecular weight is 435 g/mol. The first-order valence-corrected chi connectivity index (χ1v) is 10.2. The summed E-state index contributed by atoms with van der Waals surface area (Å²) in [6.07, 6.45) is 0. The fourth-order valence-corrected chi connectivity index (χ4v) is 4.09. The van der Waals surface area contributed by atoms with Gasteiger partial charge >= 0.3 is 5.97 Å². The predicted molar refractivity (Wildman–Crippen MR) is 107 cm³/mol.